The number of aromatic amines is 1. The van der Waals surface area contributed by atoms with Gasteiger partial charge in [0.25, 0.3) is 0 Å². The minimum absolute atomic E-state index is 0.238. The fraction of sp³-hybridized carbons (Fsp3) is 0.556. The third-order valence-corrected chi connectivity index (χ3v) is 2.67. The van der Waals surface area contributed by atoms with Crippen LogP contribution >= 0.6 is 0 Å². The Morgan fingerprint density at radius 2 is 2.33 bits per heavy atom. The molecule has 2 rings (SSSR count). The van der Waals surface area contributed by atoms with Crippen LogP contribution in [-0.2, 0) is 0 Å². The van der Waals surface area contributed by atoms with E-state index >= 15 is 0 Å². The number of carbonyl (C=O) groups excluding carboxylic acids is 1. The maximum Gasteiger partial charge on any atom is 0.320 e. The summed E-state index contributed by atoms with van der Waals surface area (Å²) in [5.41, 5.74) is 6.94. The van der Waals surface area contributed by atoms with E-state index in [-0.39, 0.29) is 6.03 Å². The molecular weight excluding hydrogens is 194 g/mol. The average Bonchev–Trinajstić information content (AvgIpc) is 2.43. The Hall–Kier alpha value is -1.72. The van der Waals surface area contributed by atoms with Gasteiger partial charge in [0.2, 0.25) is 0 Å². The summed E-state index contributed by atoms with van der Waals surface area (Å²) in [6.07, 6.45) is 3.31. The number of urea groups is 1. The molecule has 6 nitrogen and oxygen atoms in total. The molecule has 0 bridgehead atoms. The highest BCUT2D eigenvalue weighted by molar-refractivity contribution is 5.91. The van der Waals surface area contributed by atoms with Crippen LogP contribution in [0.5, 0.6) is 0 Å². The summed E-state index contributed by atoms with van der Waals surface area (Å²) < 4.78 is 0. The number of anilines is 2. The number of amides is 2. The highest BCUT2D eigenvalue weighted by atomic mass is 16.2. The Morgan fingerprint density at radius 3 is 2.80 bits per heavy atom. The quantitative estimate of drug-likeness (QED) is 0.584. The maximum absolute atomic E-state index is 11.4. The molecule has 2 amide bonds. The summed E-state index contributed by atoms with van der Waals surface area (Å²) in [6, 6.07) is 0.0733. The van der Waals surface area contributed by atoms with E-state index < -0.39 is 0 Å². The lowest BCUT2D eigenvalue weighted by Crippen LogP contribution is -2.42. The van der Waals surface area contributed by atoms with E-state index in [9.17, 15) is 4.79 Å². The van der Waals surface area contributed by atoms with Gasteiger partial charge in [-0.2, -0.15) is 5.10 Å². The lowest BCUT2D eigenvalue weighted by atomic mass is 9.93. The zero-order valence-corrected chi connectivity index (χ0v) is 8.63. The Bertz CT molecular complexity index is 369. The molecule has 1 aromatic rings. The number of hydrogen-bond donors (Lipinski definition) is 4. The van der Waals surface area contributed by atoms with Crippen LogP contribution in [0.3, 0.4) is 0 Å². The van der Waals surface area contributed by atoms with Gasteiger partial charge in [0.1, 0.15) is 0 Å². The van der Waals surface area contributed by atoms with E-state index in [4.69, 9.17) is 5.73 Å². The fourth-order valence-electron chi connectivity index (χ4n) is 1.41. The van der Waals surface area contributed by atoms with E-state index in [0.717, 1.165) is 18.5 Å². The van der Waals surface area contributed by atoms with Gasteiger partial charge in [-0.3, -0.25) is 10.4 Å². The molecule has 1 aliphatic carbocycles. The minimum Gasteiger partial charge on any atom is -0.394 e. The summed E-state index contributed by atoms with van der Waals surface area (Å²) in [6.45, 7) is 1.80. The van der Waals surface area contributed by atoms with E-state index in [1.165, 1.54) is 6.42 Å². The zero-order valence-electron chi connectivity index (χ0n) is 8.63. The van der Waals surface area contributed by atoms with Crippen LogP contribution in [0.15, 0.2) is 0 Å². The molecule has 0 aliphatic heterocycles. The number of carbonyl (C=O) groups is 1. The van der Waals surface area contributed by atoms with Gasteiger partial charge < -0.3 is 11.1 Å². The van der Waals surface area contributed by atoms with E-state index in [1.807, 2.05) is 0 Å². The second-order valence-electron chi connectivity index (χ2n) is 3.84. The monoisotopic (exact) mass is 209 g/mol. The number of nitrogens with two attached hydrogens (primary N) is 1. The van der Waals surface area contributed by atoms with E-state index in [0.29, 0.717) is 17.5 Å². The minimum atomic E-state index is -0.238. The molecule has 15 heavy (non-hydrogen) atoms. The molecule has 5 N–H and O–H groups in total. The number of hydrogen-bond acceptors (Lipinski definition) is 3. The first-order chi connectivity index (χ1) is 7.16. The lowest BCUT2D eigenvalue weighted by Gasteiger charge is -2.26. The summed E-state index contributed by atoms with van der Waals surface area (Å²) in [4.78, 5) is 11.4. The summed E-state index contributed by atoms with van der Waals surface area (Å²) >= 11 is 0. The number of nitrogen functional groups attached to an aromatic ring is 1. The van der Waals surface area contributed by atoms with Gasteiger partial charge in [-0.25, -0.2) is 4.79 Å². The number of aryl methyl sites for hydroxylation is 1. The Kier molecular flexibility index (Phi) is 2.49. The maximum atomic E-state index is 11.4. The second-order valence-corrected chi connectivity index (χ2v) is 3.84. The molecule has 0 atom stereocenters. The number of rotatable bonds is 2. The largest absolute Gasteiger partial charge is 0.394 e. The Balaban J connectivity index is 1.90. The third-order valence-electron chi connectivity index (χ3n) is 2.67. The molecule has 1 aliphatic rings. The van der Waals surface area contributed by atoms with E-state index in [1.54, 1.807) is 6.92 Å². The molecule has 82 valence electrons. The second kappa shape index (κ2) is 3.80. The highest BCUT2D eigenvalue weighted by Gasteiger charge is 2.20. The SMILES string of the molecule is Cc1[nH]nc(NC(=O)NC2CCC2)c1N. The Morgan fingerprint density at radius 1 is 1.60 bits per heavy atom. The first-order valence-corrected chi connectivity index (χ1v) is 5.05. The number of H-pyrrole nitrogens is 1. The number of nitrogens with one attached hydrogen (secondary N) is 3. The van der Waals surface area contributed by atoms with Crippen molar-refractivity contribution in [2.75, 3.05) is 11.1 Å². The molecule has 0 unspecified atom stereocenters. The molecule has 1 aromatic heterocycles. The molecule has 0 saturated heterocycles. The molecule has 1 heterocycles. The predicted octanol–water partition coefficient (Wildman–Crippen LogP) is 0.974. The van der Waals surface area contributed by atoms with Crippen molar-refractivity contribution in [1.82, 2.24) is 15.5 Å². The molecule has 0 aromatic carbocycles. The first kappa shape index (κ1) is 9.82. The van der Waals surface area contributed by atoms with Crippen LogP contribution in [0.4, 0.5) is 16.3 Å². The normalized spacial score (nSPS) is 15.8. The van der Waals surface area contributed by atoms with Crippen LogP contribution in [0.2, 0.25) is 0 Å². The molecule has 1 fully saturated rings. The standard InChI is InChI=1S/C9H15N5O/c1-5-7(10)8(14-13-5)12-9(15)11-6-3-2-4-6/h6H,2-4,10H2,1H3,(H3,11,12,13,14,15). The van der Waals surface area contributed by atoms with Crippen molar-refractivity contribution >= 4 is 17.5 Å². The number of aromatic nitrogens is 2. The van der Waals surface area contributed by atoms with Crippen LogP contribution < -0.4 is 16.4 Å². The summed E-state index contributed by atoms with van der Waals surface area (Å²) in [5.74, 6) is 0.393. The first-order valence-electron chi connectivity index (χ1n) is 5.05. The summed E-state index contributed by atoms with van der Waals surface area (Å²) in [7, 11) is 0. The smallest absolute Gasteiger partial charge is 0.320 e. The average molecular weight is 209 g/mol. The molecule has 0 radical (unpaired) electrons. The van der Waals surface area contributed by atoms with Crippen molar-refractivity contribution in [3.8, 4) is 0 Å². The van der Waals surface area contributed by atoms with Gasteiger partial charge in [0.15, 0.2) is 5.82 Å². The van der Waals surface area contributed by atoms with E-state index in [2.05, 4.69) is 20.8 Å². The van der Waals surface area contributed by atoms with Gasteiger partial charge >= 0.3 is 6.03 Å². The molecular formula is C9H15N5O. The van der Waals surface area contributed by atoms with Crippen molar-refractivity contribution in [1.29, 1.82) is 0 Å². The van der Waals surface area contributed by atoms with Crippen LogP contribution in [0.25, 0.3) is 0 Å². The van der Waals surface area contributed by atoms with Gasteiger partial charge in [0.05, 0.1) is 11.4 Å². The predicted molar refractivity (Wildman–Crippen MR) is 57.5 cm³/mol. The topological polar surface area (TPSA) is 95.8 Å². The van der Waals surface area contributed by atoms with Crippen molar-refractivity contribution in [2.24, 2.45) is 0 Å². The number of nitrogens with zero attached hydrogens (tertiary/aromatic N) is 1. The van der Waals surface area contributed by atoms with Gasteiger partial charge in [-0.1, -0.05) is 0 Å². The van der Waals surface area contributed by atoms with Crippen molar-refractivity contribution < 1.29 is 4.79 Å². The molecule has 0 spiro atoms. The van der Waals surface area contributed by atoms with Gasteiger partial charge in [-0.15, -0.1) is 0 Å². The van der Waals surface area contributed by atoms with Gasteiger partial charge in [0, 0.05) is 6.04 Å². The lowest BCUT2D eigenvalue weighted by molar-refractivity contribution is 0.240. The Labute approximate surface area is 87.6 Å². The molecule has 1 saturated carbocycles. The van der Waals surface area contributed by atoms with Crippen LogP contribution in [-0.4, -0.2) is 22.3 Å². The summed E-state index contributed by atoms with van der Waals surface area (Å²) in [5, 5.41) is 12.0. The third kappa shape index (κ3) is 2.03. The van der Waals surface area contributed by atoms with Crippen LogP contribution in [0.1, 0.15) is 25.0 Å². The van der Waals surface area contributed by atoms with Crippen LogP contribution in [0, 0.1) is 6.92 Å². The van der Waals surface area contributed by atoms with Crippen molar-refractivity contribution in [2.45, 2.75) is 32.2 Å². The van der Waals surface area contributed by atoms with Crippen molar-refractivity contribution in [3.05, 3.63) is 5.69 Å². The highest BCUT2D eigenvalue weighted by Crippen LogP contribution is 2.20. The zero-order chi connectivity index (χ0) is 10.8. The van der Waals surface area contributed by atoms with Gasteiger partial charge in [-0.05, 0) is 26.2 Å². The molecule has 6 heteroatoms. The van der Waals surface area contributed by atoms with Crippen molar-refractivity contribution in [3.63, 3.8) is 0 Å². The fourth-order valence-corrected chi connectivity index (χ4v) is 1.41.